The van der Waals surface area contributed by atoms with Gasteiger partial charge in [0.2, 0.25) is 5.91 Å². The van der Waals surface area contributed by atoms with Gasteiger partial charge in [-0.05, 0) is 0 Å². The van der Waals surface area contributed by atoms with Gasteiger partial charge in [0.05, 0.1) is 6.42 Å². The number of hydrogen-bond donors (Lipinski definition) is 2. The fraction of sp³-hybridized carbons (Fsp3) is 0.500. The molecule has 0 spiro atoms. The Morgan fingerprint density at radius 1 is 1.89 bits per heavy atom. The van der Waals surface area contributed by atoms with Crippen molar-refractivity contribution in [1.82, 2.24) is 5.32 Å². The summed E-state index contributed by atoms with van der Waals surface area (Å²) in [6.45, 7) is 0. The Labute approximate surface area is 57.1 Å². The molecule has 9 heavy (non-hydrogen) atoms. The summed E-state index contributed by atoms with van der Waals surface area (Å²) < 4.78 is 0. The Hall–Kier alpha value is -0.770. The fourth-order valence-corrected chi connectivity index (χ4v) is 0.821. The number of halogens is 1. The molecule has 0 aromatic heterocycles. The van der Waals surface area contributed by atoms with E-state index in [0.717, 1.165) is 0 Å². The number of carbonyl (C=O) groups is 1. The third kappa shape index (κ3) is 1.57. The lowest BCUT2D eigenvalue weighted by Crippen LogP contribution is -2.41. The lowest BCUT2D eigenvalue weighted by Gasteiger charge is -2.12. The molecule has 0 fully saturated rings. The second kappa shape index (κ2) is 2.23. The Morgan fingerprint density at radius 2 is 2.56 bits per heavy atom. The van der Waals surface area contributed by atoms with Gasteiger partial charge in [0, 0.05) is 0 Å². The van der Waals surface area contributed by atoms with Crippen molar-refractivity contribution in [2.24, 2.45) is 10.7 Å². The van der Waals surface area contributed by atoms with Gasteiger partial charge in [-0.3, -0.25) is 10.1 Å². The van der Waals surface area contributed by atoms with Crippen molar-refractivity contribution in [3.63, 3.8) is 0 Å². The first-order valence-corrected chi connectivity index (χ1v) is 2.89. The number of nitrogens with two attached hydrogens (primary N) is 1. The van der Waals surface area contributed by atoms with Crippen LogP contribution in [-0.4, -0.2) is 17.4 Å². The Morgan fingerprint density at radius 3 is 3.00 bits per heavy atom. The van der Waals surface area contributed by atoms with Crippen LogP contribution in [0.2, 0.25) is 0 Å². The molecule has 1 aliphatic rings. The Bertz CT molecular complexity index is 167. The maximum absolute atomic E-state index is 10.5. The third-order valence-corrected chi connectivity index (χ3v) is 1.15. The first-order valence-electron chi connectivity index (χ1n) is 2.45. The molecule has 1 aliphatic heterocycles. The van der Waals surface area contributed by atoms with E-state index in [2.05, 4.69) is 10.3 Å². The number of amides is 1. The summed E-state index contributed by atoms with van der Waals surface area (Å²) in [6, 6.07) is 0. The molecule has 0 saturated carbocycles. The summed E-state index contributed by atoms with van der Waals surface area (Å²) >= 11 is 5.48. The molecule has 0 saturated heterocycles. The number of aliphatic imine (C=N–C) groups is 1. The number of carbonyl (C=O) groups excluding carboxylic acids is 1. The highest BCUT2D eigenvalue weighted by molar-refractivity contribution is 6.23. The minimum atomic E-state index is -0.487. The minimum absolute atomic E-state index is 0.103. The SMILES string of the molecule is NC1=NC(Cl)CC(=O)N1. The van der Waals surface area contributed by atoms with Gasteiger partial charge in [-0.25, -0.2) is 4.99 Å². The van der Waals surface area contributed by atoms with Gasteiger partial charge in [0.1, 0.15) is 5.50 Å². The molecule has 3 N–H and O–H groups in total. The maximum atomic E-state index is 10.5. The van der Waals surface area contributed by atoms with Crippen molar-refractivity contribution in [1.29, 1.82) is 0 Å². The number of guanidine groups is 1. The molecule has 1 unspecified atom stereocenters. The zero-order chi connectivity index (χ0) is 6.85. The largest absolute Gasteiger partial charge is 0.370 e. The summed E-state index contributed by atoms with van der Waals surface area (Å²) in [4.78, 5) is 14.2. The van der Waals surface area contributed by atoms with Crippen LogP contribution in [0.5, 0.6) is 0 Å². The van der Waals surface area contributed by atoms with Crippen molar-refractivity contribution >= 4 is 23.5 Å². The monoisotopic (exact) mass is 147 g/mol. The topological polar surface area (TPSA) is 67.5 Å². The summed E-state index contributed by atoms with van der Waals surface area (Å²) in [5.74, 6) is -0.0752. The van der Waals surface area contributed by atoms with E-state index >= 15 is 0 Å². The Balaban J connectivity index is 2.67. The lowest BCUT2D eigenvalue weighted by atomic mass is 10.4. The van der Waals surface area contributed by atoms with Crippen LogP contribution < -0.4 is 11.1 Å². The van der Waals surface area contributed by atoms with E-state index in [4.69, 9.17) is 17.3 Å². The number of rotatable bonds is 0. The van der Waals surface area contributed by atoms with E-state index in [-0.39, 0.29) is 18.3 Å². The molecule has 1 atom stereocenters. The number of alkyl halides is 1. The van der Waals surface area contributed by atoms with E-state index in [0.29, 0.717) is 0 Å². The van der Waals surface area contributed by atoms with Crippen molar-refractivity contribution in [2.45, 2.75) is 11.9 Å². The van der Waals surface area contributed by atoms with Crippen LogP contribution in [-0.2, 0) is 4.79 Å². The third-order valence-electron chi connectivity index (χ3n) is 0.900. The smallest absolute Gasteiger partial charge is 0.230 e. The predicted molar refractivity (Wildman–Crippen MR) is 34.0 cm³/mol. The first-order chi connectivity index (χ1) is 4.18. The molecular weight excluding hydrogens is 142 g/mol. The molecule has 1 rings (SSSR count). The molecule has 0 aromatic rings. The predicted octanol–water partition coefficient (Wildman–Crippen LogP) is -0.614. The molecule has 1 amide bonds. The van der Waals surface area contributed by atoms with E-state index < -0.39 is 5.50 Å². The van der Waals surface area contributed by atoms with Crippen molar-refractivity contribution in [3.8, 4) is 0 Å². The highest BCUT2D eigenvalue weighted by Crippen LogP contribution is 2.05. The molecule has 1 heterocycles. The van der Waals surface area contributed by atoms with Crippen LogP contribution in [0, 0.1) is 0 Å². The highest BCUT2D eigenvalue weighted by Gasteiger charge is 2.15. The van der Waals surface area contributed by atoms with E-state index in [1.807, 2.05) is 0 Å². The van der Waals surface area contributed by atoms with Crippen LogP contribution in [0.15, 0.2) is 4.99 Å². The van der Waals surface area contributed by atoms with E-state index in [9.17, 15) is 4.79 Å². The van der Waals surface area contributed by atoms with Crippen LogP contribution >= 0.6 is 11.6 Å². The van der Waals surface area contributed by atoms with Crippen molar-refractivity contribution < 1.29 is 4.79 Å². The molecule has 5 heteroatoms. The number of hydrogen-bond acceptors (Lipinski definition) is 3. The minimum Gasteiger partial charge on any atom is -0.370 e. The van der Waals surface area contributed by atoms with Gasteiger partial charge in [-0.1, -0.05) is 11.6 Å². The molecule has 0 aliphatic carbocycles. The molecule has 0 radical (unpaired) electrons. The van der Waals surface area contributed by atoms with Gasteiger partial charge >= 0.3 is 0 Å². The molecule has 4 nitrogen and oxygen atoms in total. The van der Waals surface area contributed by atoms with Gasteiger partial charge < -0.3 is 5.73 Å². The molecule has 50 valence electrons. The van der Waals surface area contributed by atoms with Gasteiger partial charge in [0.15, 0.2) is 5.96 Å². The summed E-state index contributed by atoms with van der Waals surface area (Å²) in [7, 11) is 0. The second-order valence-corrected chi connectivity index (χ2v) is 2.20. The van der Waals surface area contributed by atoms with Crippen LogP contribution in [0.4, 0.5) is 0 Å². The van der Waals surface area contributed by atoms with Gasteiger partial charge in [-0.15, -0.1) is 0 Å². The standard InChI is InChI=1S/C4H6ClN3O/c5-2-1-3(9)8-4(6)7-2/h2H,1H2,(H3,6,7,8,9). The second-order valence-electron chi connectivity index (χ2n) is 1.70. The molecule has 0 aromatic carbocycles. The van der Waals surface area contributed by atoms with Crippen LogP contribution in [0.1, 0.15) is 6.42 Å². The fourth-order valence-electron chi connectivity index (χ4n) is 0.576. The van der Waals surface area contributed by atoms with Crippen molar-refractivity contribution in [3.05, 3.63) is 0 Å². The summed E-state index contributed by atoms with van der Waals surface area (Å²) in [6.07, 6.45) is 0.211. The number of nitrogens with zero attached hydrogens (tertiary/aromatic N) is 1. The zero-order valence-corrected chi connectivity index (χ0v) is 5.35. The first kappa shape index (κ1) is 6.35. The summed E-state index contributed by atoms with van der Waals surface area (Å²) in [5, 5.41) is 2.31. The normalized spacial score (nSPS) is 27.0. The van der Waals surface area contributed by atoms with E-state index in [1.165, 1.54) is 0 Å². The highest BCUT2D eigenvalue weighted by atomic mass is 35.5. The summed E-state index contributed by atoms with van der Waals surface area (Å²) in [5.41, 5.74) is 4.66. The maximum Gasteiger partial charge on any atom is 0.230 e. The molecular formula is C4H6ClN3O. The average Bonchev–Trinajstić information content (AvgIpc) is 1.59. The molecule has 0 bridgehead atoms. The average molecular weight is 148 g/mol. The number of nitrogens with one attached hydrogen (secondary N) is 1. The quantitative estimate of drug-likeness (QED) is 0.355. The Kier molecular flexibility index (Phi) is 1.57. The van der Waals surface area contributed by atoms with E-state index in [1.54, 1.807) is 0 Å². The van der Waals surface area contributed by atoms with Crippen LogP contribution in [0.3, 0.4) is 0 Å². The van der Waals surface area contributed by atoms with Gasteiger partial charge in [-0.2, -0.15) is 0 Å². The van der Waals surface area contributed by atoms with Gasteiger partial charge in [0.25, 0.3) is 0 Å². The zero-order valence-electron chi connectivity index (χ0n) is 4.60. The van der Waals surface area contributed by atoms with Crippen molar-refractivity contribution in [2.75, 3.05) is 0 Å². The lowest BCUT2D eigenvalue weighted by molar-refractivity contribution is -0.120. The van der Waals surface area contributed by atoms with Crippen LogP contribution in [0.25, 0.3) is 0 Å².